The van der Waals surface area contributed by atoms with Crippen molar-refractivity contribution >= 4 is 5.69 Å². The van der Waals surface area contributed by atoms with Crippen LogP contribution in [0.5, 0.6) is 0 Å². The highest BCUT2D eigenvalue weighted by Gasteiger charge is 2.15. The van der Waals surface area contributed by atoms with E-state index in [4.69, 9.17) is 0 Å². The largest absolute Gasteiger partial charge is 0.275 e. The fraction of sp³-hybridized carbons (Fsp3) is 0.444. The molecule has 70 valence electrons. The van der Waals surface area contributed by atoms with E-state index in [1.807, 2.05) is 13.8 Å². The standard InChI is InChI=1S/C9H12N2O2/c1-3-7-8(4-2)10-6-5-9(7)11(12)13/h5-6H,3-4H2,1-2H3. The quantitative estimate of drug-likeness (QED) is 0.528. The van der Waals surface area contributed by atoms with Gasteiger partial charge < -0.3 is 0 Å². The fourth-order valence-electron chi connectivity index (χ4n) is 1.39. The number of nitrogens with zero attached hydrogens (tertiary/aromatic N) is 2. The third-order valence-corrected chi connectivity index (χ3v) is 2.01. The Bertz CT molecular complexity index is 323. The third kappa shape index (κ3) is 1.83. The molecule has 0 aromatic carbocycles. The van der Waals surface area contributed by atoms with Gasteiger partial charge >= 0.3 is 0 Å². The maximum Gasteiger partial charge on any atom is 0.275 e. The maximum absolute atomic E-state index is 10.6. The first-order valence-corrected chi connectivity index (χ1v) is 4.31. The predicted octanol–water partition coefficient (Wildman–Crippen LogP) is 2.11. The molecule has 1 rings (SSSR count). The summed E-state index contributed by atoms with van der Waals surface area (Å²) < 4.78 is 0. The molecule has 0 saturated heterocycles. The predicted molar refractivity (Wildman–Crippen MR) is 49.6 cm³/mol. The molecular formula is C9H12N2O2. The van der Waals surface area contributed by atoms with Crippen molar-refractivity contribution in [1.82, 2.24) is 4.98 Å². The van der Waals surface area contributed by atoms with Crippen LogP contribution in [-0.2, 0) is 12.8 Å². The lowest BCUT2D eigenvalue weighted by Gasteiger charge is -2.03. The summed E-state index contributed by atoms with van der Waals surface area (Å²) in [6.07, 6.45) is 2.90. The average Bonchev–Trinajstić information content (AvgIpc) is 2.16. The van der Waals surface area contributed by atoms with Crippen LogP contribution in [0.3, 0.4) is 0 Å². The second kappa shape index (κ2) is 3.98. The summed E-state index contributed by atoms with van der Waals surface area (Å²) >= 11 is 0. The first kappa shape index (κ1) is 9.64. The van der Waals surface area contributed by atoms with E-state index in [2.05, 4.69) is 4.98 Å². The molecule has 1 aromatic heterocycles. The Kier molecular flexibility index (Phi) is 2.95. The van der Waals surface area contributed by atoms with Gasteiger partial charge in [0.25, 0.3) is 5.69 Å². The molecule has 0 N–H and O–H groups in total. The maximum atomic E-state index is 10.6. The van der Waals surface area contributed by atoms with Crippen LogP contribution in [0.2, 0.25) is 0 Å². The average molecular weight is 180 g/mol. The monoisotopic (exact) mass is 180 g/mol. The highest BCUT2D eigenvalue weighted by atomic mass is 16.6. The number of pyridine rings is 1. The van der Waals surface area contributed by atoms with Gasteiger partial charge in [-0.15, -0.1) is 0 Å². The minimum atomic E-state index is -0.348. The van der Waals surface area contributed by atoms with Crippen LogP contribution in [0.25, 0.3) is 0 Å². The van der Waals surface area contributed by atoms with Crippen molar-refractivity contribution in [1.29, 1.82) is 0 Å². The van der Waals surface area contributed by atoms with Crippen molar-refractivity contribution in [2.24, 2.45) is 0 Å². The summed E-state index contributed by atoms with van der Waals surface area (Å²) in [7, 11) is 0. The first-order valence-electron chi connectivity index (χ1n) is 4.31. The molecule has 0 bridgehead atoms. The fourth-order valence-corrected chi connectivity index (χ4v) is 1.39. The zero-order chi connectivity index (χ0) is 9.84. The minimum Gasteiger partial charge on any atom is -0.261 e. The highest BCUT2D eigenvalue weighted by molar-refractivity contribution is 5.41. The van der Waals surface area contributed by atoms with Crippen LogP contribution in [0, 0.1) is 10.1 Å². The number of hydrogen-bond donors (Lipinski definition) is 0. The zero-order valence-corrected chi connectivity index (χ0v) is 7.78. The summed E-state index contributed by atoms with van der Waals surface area (Å²) in [6.45, 7) is 3.86. The van der Waals surface area contributed by atoms with Crippen LogP contribution in [0.4, 0.5) is 5.69 Å². The summed E-state index contributed by atoms with van der Waals surface area (Å²) in [6, 6.07) is 1.46. The Morgan fingerprint density at radius 1 is 1.46 bits per heavy atom. The molecule has 0 amide bonds. The van der Waals surface area contributed by atoms with Crippen LogP contribution in [0.1, 0.15) is 25.1 Å². The van der Waals surface area contributed by atoms with Gasteiger partial charge in [-0.25, -0.2) is 0 Å². The van der Waals surface area contributed by atoms with E-state index >= 15 is 0 Å². The molecular weight excluding hydrogens is 168 g/mol. The Balaban J connectivity index is 3.27. The van der Waals surface area contributed by atoms with Crippen molar-refractivity contribution < 1.29 is 4.92 Å². The molecule has 0 aliphatic heterocycles. The topological polar surface area (TPSA) is 56.0 Å². The number of rotatable bonds is 3. The van der Waals surface area contributed by atoms with Gasteiger partial charge in [0.1, 0.15) is 0 Å². The molecule has 13 heavy (non-hydrogen) atoms. The minimum absolute atomic E-state index is 0.189. The Morgan fingerprint density at radius 2 is 2.15 bits per heavy atom. The van der Waals surface area contributed by atoms with Crippen molar-refractivity contribution in [2.75, 3.05) is 0 Å². The van der Waals surface area contributed by atoms with E-state index in [1.165, 1.54) is 12.3 Å². The number of aromatic nitrogens is 1. The number of hydrogen-bond acceptors (Lipinski definition) is 3. The van der Waals surface area contributed by atoms with E-state index in [1.54, 1.807) is 0 Å². The van der Waals surface area contributed by atoms with Gasteiger partial charge in [-0.1, -0.05) is 13.8 Å². The molecule has 0 fully saturated rings. The smallest absolute Gasteiger partial charge is 0.261 e. The second-order valence-corrected chi connectivity index (χ2v) is 2.72. The highest BCUT2D eigenvalue weighted by Crippen LogP contribution is 2.20. The second-order valence-electron chi connectivity index (χ2n) is 2.72. The van der Waals surface area contributed by atoms with E-state index in [0.717, 1.165) is 17.7 Å². The lowest BCUT2D eigenvalue weighted by Crippen LogP contribution is -2.00. The van der Waals surface area contributed by atoms with Gasteiger partial charge in [0.15, 0.2) is 0 Å². The van der Waals surface area contributed by atoms with Gasteiger partial charge in [0.2, 0.25) is 0 Å². The summed E-state index contributed by atoms with van der Waals surface area (Å²) in [5, 5.41) is 10.6. The molecule has 4 heteroatoms. The summed E-state index contributed by atoms with van der Waals surface area (Å²) in [5.74, 6) is 0. The van der Waals surface area contributed by atoms with Crippen molar-refractivity contribution in [3.8, 4) is 0 Å². The zero-order valence-electron chi connectivity index (χ0n) is 7.78. The Labute approximate surface area is 76.8 Å². The van der Waals surface area contributed by atoms with E-state index in [9.17, 15) is 10.1 Å². The van der Waals surface area contributed by atoms with Gasteiger partial charge in [-0.05, 0) is 12.8 Å². The molecule has 0 aliphatic carbocycles. The van der Waals surface area contributed by atoms with Crippen molar-refractivity contribution in [3.05, 3.63) is 33.6 Å². The summed E-state index contributed by atoms with van der Waals surface area (Å²) in [5.41, 5.74) is 1.78. The molecule has 0 saturated carbocycles. The van der Waals surface area contributed by atoms with E-state index in [-0.39, 0.29) is 10.6 Å². The first-order chi connectivity index (χ1) is 6.20. The van der Waals surface area contributed by atoms with Crippen LogP contribution in [0.15, 0.2) is 12.3 Å². The van der Waals surface area contributed by atoms with Gasteiger partial charge in [-0.2, -0.15) is 0 Å². The number of nitro groups is 1. The number of aryl methyl sites for hydroxylation is 1. The molecule has 0 unspecified atom stereocenters. The van der Waals surface area contributed by atoms with Crippen LogP contribution in [-0.4, -0.2) is 9.91 Å². The Morgan fingerprint density at radius 3 is 2.62 bits per heavy atom. The van der Waals surface area contributed by atoms with Crippen molar-refractivity contribution in [3.63, 3.8) is 0 Å². The molecule has 0 spiro atoms. The normalized spacial score (nSPS) is 10.0. The van der Waals surface area contributed by atoms with Gasteiger partial charge in [0, 0.05) is 12.3 Å². The SMILES string of the molecule is CCc1nccc([N+](=O)[O-])c1CC. The molecule has 4 nitrogen and oxygen atoms in total. The van der Waals surface area contributed by atoms with Gasteiger partial charge in [-0.3, -0.25) is 15.1 Å². The van der Waals surface area contributed by atoms with Gasteiger partial charge in [0.05, 0.1) is 16.2 Å². The van der Waals surface area contributed by atoms with E-state index < -0.39 is 0 Å². The van der Waals surface area contributed by atoms with Crippen LogP contribution < -0.4 is 0 Å². The molecule has 0 aliphatic rings. The molecule has 0 radical (unpaired) electrons. The van der Waals surface area contributed by atoms with E-state index in [0.29, 0.717) is 6.42 Å². The third-order valence-electron chi connectivity index (χ3n) is 2.01. The van der Waals surface area contributed by atoms with Crippen LogP contribution >= 0.6 is 0 Å². The lowest BCUT2D eigenvalue weighted by atomic mass is 10.1. The van der Waals surface area contributed by atoms with Crippen molar-refractivity contribution in [2.45, 2.75) is 26.7 Å². The lowest BCUT2D eigenvalue weighted by molar-refractivity contribution is -0.385. The molecule has 0 atom stereocenters. The molecule has 1 heterocycles. The summed E-state index contributed by atoms with van der Waals surface area (Å²) in [4.78, 5) is 14.4. The Hall–Kier alpha value is -1.45. The molecule has 1 aromatic rings.